The van der Waals surface area contributed by atoms with Gasteiger partial charge in [-0.3, -0.25) is 0 Å². The Kier molecular flexibility index (Phi) is 2.98. The molecule has 0 aliphatic heterocycles. The van der Waals surface area contributed by atoms with E-state index in [0.29, 0.717) is 24.1 Å². The van der Waals surface area contributed by atoms with Crippen molar-refractivity contribution in [2.75, 3.05) is 18.1 Å². The maximum Gasteiger partial charge on any atom is 0.151 e. The monoisotopic (exact) mass is 257 g/mol. The van der Waals surface area contributed by atoms with Gasteiger partial charge >= 0.3 is 0 Å². The Morgan fingerprint density at radius 1 is 1.12 bits per heavy atom. The lowest BCUT2D eigenvalue weighted by molar-refractivity contribution is 0.456. The number of rotatable bonds is 6. The van der Waals surface area contributed by atoms with Crippen molar-refractivity contribution in [1.29, 1.82) is 0 Å². The second-order valence-electron chi connectivity index (χ2n) is 6.12. The Morgan fingerprint density at radius 3 is 2.35 bits per heavy atom. The lowest BCUT2D eigenvalue weighted by Crippen LogP contribution is -2.29. The summed E-state index contributed by atoms with van der Waals surface area (Å²) in [6.45, 7) is 2.59. The van der Waals surface area contributed by atoms with E-state index < -0.39 is 9.84 Å². The zero-order valence-corrected chi connectivity index (χ0v) is 11.4. The van der Waals surface area contributed by atoms with Gasteiger partial charge in [0.2, 0.25) is 0 Å². The zero-order valence-electron chi connectivity index (χ0n) is 10.6. The molecule has 2 bridgehead atoms. The Bertz CT molecular complexity index is 376. The van der Waals surface area contributed by atoms with Crippen molar-refractivity contribution in [2.24, 2.45) is 23.7 Å². The van der Waals surface area contributed by atoms with Crippen molar-refractivity contribution in [3.63, 3.8) is 0 Å². The van der Waals surface area contributed by atoms with E-state index in [-0.39, 0.29) is 0 Å². The van der Waals surface area contributed by atoms with E-state index in [1.807, 2.05) is 6.92 Å². The third-order valence-electron chi connectivity index (χ3n) is 5.04. The zero-order chi connectivity index (χ0) is 12.0. The number of nitrogens with one attached hydrogen (secondary N) is 1. The molecule has 0 aromatic carbocycles. The number of hydrogen-bond acceptors (Lipinski definition) is 3. The van der Waals surface area contributed by atoms with Gasteiger partial charge in [-0.05, 0) is 49.4 Å². The Labute approximate surface area is 104 Å². The highest BCUT2D eigenvalue weighted by Crippen LogP contribution is 2.65. The van der Waals surface area contributed by atoms with Gasteiger partial charge < -0.3 is 5.32 Å². The van der Waals surface area contributed by atoms with Crippen molar-refractivity contribution in [3.8, 4) is 0 Å². The Balaban J connectivity index is 1.43. The Hall–Kier alpha value is -0.0900. The van der Waals surface area contributed by atoms with E-state index in [1.165, 1.54) is 19.3 Å². The minimum absolute atomic E-state index is 0.326. The minimum atomic E-state index is -2.80. The van der Waals surface area contributed by atoms with Crippen LogP contribution in [0.25, 0.3) is 0 Å². The lowest BCUT2D eigenvalue weighted by atomic mass is 10.0. The average molecular weight is 257 g/mol. The molecule has 0 aromatic heterocycles. The van der Waals surface area contributed by atoms with Gasteiger partial charge in [0, 0.05) is 18.3 Å². The molecule has 3 saturated carbocycles. The largest absolute Gasteiger partial charge is 0.312 e. The van der Waals surface area contributed by atoms with Crippen LogP contribution in [0.2, 0.25) is 0 Å². The molecule has 98 valence electrons. The fraction of sp³-hybridized carbons (Fsp3) is 1.00. The smallest absolute Gasteiger partial charge is 0.151 e. The second kappa shape index (κ2) is 4.23. The average Bonchev–Trinajstić information content (AvgIpc) is 2.68. The van der Waals surface area contributed by atoms with Gasteiger partial charge in [-0.1, -0.05) is 6.92 Å². The van der Waals surface area contributed by atoms with Crippen LogP contribution in [0.15, 0.2) is 0 Å². The van der Waals surface area contributed by atoms with Crippen molar-refractivity contribution in [3.05, 3.63) is 0 Å². The molecule has 0 amide bonds. The van der Waals surface area contributed by atoms with Gasteiger partial charge in [0.1, 0.15) is 0 Å². The molecule has 0 saturated heterocycles. The molecule has 3 fully saturated rings. The second-order valence-corrected chi connectivity index (χ2v) is 8.42. The van der Waals surface area contributed by atoms with E-state index in [2.05, 4.69) is 5.32 Å². The molecule has 0 heterocycles. The van der Waals surface area contributed by atoms with Gasteiger partial charge in [-0.25, -0.2) is 8.42 Å². The normalized spacial score (nSPS) is 42.8. The molecule has 3 aliphatic carbocycles. The first-order chi connectivity index (χ1) is 8.12. The molecule has 0 radical (unpaired) electrons. The predicted molar refractivity (Wildman–Crippen MR) is 68.5 cm³/mol. The Morgan fingerprint density at radius 2 is 1.76 bits per heavy atom. The van der Waals surface area contributed by atoms with Gasteiger partial charge in [-0.15, -0.1) is 0 Å². The quantitative estimate of drug-likeness (QED) is 0.783. The molecule has 3 nitrogen and oxygen atoms in total. The van der Waals surface area contributed by atoms with E-state index >= 15 is 0 Å². The molecule has 3 aliphatic rings. The van der Waals surface area contributed by atoms with Crippen molar-refractivity contribution >= 4 is 9.84 Å². The fourth-order valence-electron chi connectivity index (χ4n) is 4.39. The van der Waals surface area contributed by atoms with Crippen LogP contribution in [-0.4, -0.2) is 32.5 Å². The van der Waals surface area contributed by atoms with Crippen LogP contribution in [0.3, 0.4) is 0 Å². The summed E-state index contributed by atoms with van der Waals surface area (Å²) in [7, 11) is -2.80. The topological polar surface area (TPSA) is 46.2 Å². The van der Waals surface area contributed by atoms with E-state index in [9.17, 15) is 8.42 Å². The highest BCUT2D eigenvalue weighted by Gasteiger charge is 2.64. The van der Waals surface area contributed by atoms with Crippen LogP contribution in [0.1, 0.15) is 32.6 Å². The van der Waals surface area contributed by atoms with Crippen LogP contribution in [-0.2, 0) is 9.84 Å². The van der Waals surface area contributed by atoms with Gasteiger partial charge in [-0.2, -0.15) is 0 Å². The summed E-state index contributed by atoms with van der Waals surface area (Å²) in [5.41, 5.74) is 0. The first kappa shape index (κ1) is 12.0. The third kappa shape index (κ3) is 2.14. The SMILES string of the molecule is CCCS(=O)(=O)CCNC1C2C3CCC(C3)C12. The summed E-state index contributed by atoms with van der Waals surface area (Å²) < 4.78 is 23.2. The highest BCUT2D eigenvalue weighted by molar-refractivity contribution is 7.91. The first-order valence-corrected chi connectivity index (χ1v) is 8.88. The summed E-state index contributed by atoms with van der Waals surface area (Å²) in [5.74, 6) is 4.42. The summed E-state index contributed by atoms with van der Waals surface area (Å²) in [6.07, 6.45) is 5.05. The molecule has 0 aromatic rings. The van der Waals surface area contributed by atoms with Gasteiger partial charge in [0.25, 0.3) is 0 Å². The van der Waals surface area contributed by atoms with Crippen LogP contribution >= 0.6 is 0 Å². The molecule has 4 unspecified atom stereocenters. The molecule has 1 N–H and O–H groups in total. The molecular formula is C13H23NO2S. The highest BCUT2D eigenvalue weighted by atomic mass is 32.2. The molecule has 4 atom stereocenters. The summed E-state index contributed by atoms with van der Waals surface area (Å²) in [6, 6.07) is 0.665. The van der Waals surface area contributed by atoms with Crippen molar-refractivity contribution in [1.82, 2.24) is 5.32 Å². The molecule has 0 spiro atoms. The fourth-order valence-corrected chi connectivity index (χ4v) is 5.65. The maximum absolute atomic E-state index is 11.6. The summed E-state index contributed by atoms with van der Waals surface area (Å²) in [5, 5.41) is 3.49. The van der Waals surface area contributed by atoms with Crippen LogP contribution in [0, 0.1) is 23.7 Å². The van der Waals surface area contributed by atoms with E-state index in [1.54, 1.807) is 0 Å². The number of fused-ring (bicyclic) bond motifs is 5. The lowest BCUT2D eigenvalue weighted by Gasteiger charge is -2.10. The molecular weight excluding hydrogens is 234 g/mol. The van der Waals surface area contributed by atoms with E-state index in [4.69, 9.17) is 0 Å². The van der Waals surface area contributed by atoms with Crippen LogP contribution < -0.4 is 5.32 Å². The van der Waals surface area contributed by atoms with Crippen molar-refractivity contribution in [2.45, 2.75) is 38.6 Å². The van der Waals surface area contributed by atoms with Crippen molar-refractivity contribution < 1.29 is 8.42 Å². The number of hydrogen-bond donors (Lipinski definition) is 1. The summed E-state index contributed by atoms with van der Waals surface area (Å²) >= 11 is 0. The molecule has 3 rings (SSSR count). The van der Waals surface area contributed by atoms with Gasteiger partial charge in [0.15, 0.2) is 9.84 Å². The van der Waals surface area contributed by atoms with E-state index in [0.717, 1.165) is 30.1 Å². The summed E-state index contributed by atoms with van der Waals surface area (Å²) in [4.78, 5) is 0. The predicted octanol–water partition coefficient (Wildman–Crippen LogP) is 1.45. The van der Waals surface area contributed by atoms with Gasteiger partial charge in [0.05, 0.1) is 5.75 Å². The maximum atomic E-state index is 11.6. The van der Waals surface area contributed by atoms with Crippen LogP contribution in [0.4, 0.5) is 0 Å². The van der Waals surface area contributed by atoms with Crippen LogP contribution in [0.5, 0.6) is 0 Å². The first-order valence-electron chi connectivity index (χ1n) is 7.06. The number of sulfone groups is 1. The molecule has 4 heteroatoms. The molecule has 17 heavy (non-hydrogen) atoms. The standard InChI is InChI=1S/C13H23NO2S/c1-2-6-17(15,16)7-5-14-13-11-9-3-4-10(8-9)12(11)13/h9-14H,2-8H2,1H3. The minimum Gasteiger partial charge on any atom is -0.312 e. The third-order valence-corrected chi connectivity index (χ3v) is 6.90.